The summed E-state index contributed by atoms with van der Waals surface area (Å²) in [5, 5.41) is 3.67. The Kier molecular flexibility index (Phi) is 4.38. The largest absolute Gasteiger partial charge is 0.310 e. The lowest BCUT2D eigenvalue weighted by molar-refractivity contribution is 0.175. The Bertz CT molecular complexity index is 203. The van der Waals surface area contributed by atoms with Gasteiger partial charge in [-0.05, 0) is 33.4 Å². The Balaban J connectivity index is 2.59. The van der Waals surface area contributed by atoms with Crippen LogP contribution in [0.1, 0.15) is 27.7 Å². The van der Waals surface area contributed by atoms with Crippen molar-refractivity contribution in [3.8, 4) is 0 Å². The Morgan fingerprint density at radius 1 is 1.12 bits per heavy atom. The van der Waals surface area contributed by atoms with Gasteiger partial charge in [-0.2, -0.15) is 0 Å². The van der Waals surface area contributed by atoms with E-state index in [1.807, 2.05) is 0 Å². The van der Waals surface area contributed by atoms with Gasteiger partial charge in [0.25, 0.3) is 0 Å². The molecule has 1 rings (SSSR count). The van der Waals surface area contributed by atoms with E-state index in [-0.39, 0.29) is 5.54 Å². The number of hydrogen-bond acceptors (Lipinski definition) is 3. The van der Waals surface area contributed by atoms with Crippen LogP contribution in [0.25, 0.3) is 0 Å². The minimum atomic E-state index is 0.236. The van der Waals surface area contributed by atoms with E-state index >= 15 is 0 Å². The molecule has 0 aromatic heterocycles. The lowest BCUT2D eigenvalue weighted by Crippen LogP contribution is -2.47. The highest BCUT2D eigenvalue weighted by atomic mass is 15.2. The van der Waals surface area contributed by atoms with Gasteiger partial charge in [-0.3, -0.25) is 4.90 Å². The van der Waals surface area contributed by atoms with Crippen molar-refractivity contribution in [3.05, 3.63) is 0 Å². The van der Waals surface area contributed by atoms with E-state index in [4.69, 9.17) is 0 Å². The second-order valence-corrected chi connectivity index (χ2v) is 6.92. The summed E-state index contributed by atoms with van der Waals surface area (Å²) in [6.07, 6.45) is 0. The normalized spacial score (nSPS) is 25.7. The fourth-order valence-corrected chi connectivity index (χ4v) is 2.31. The van der Waals surface area contributed by atoms with E-state index < -0.39 is 0 Å². The number of rotatable bonds is 3. The quantitative estimate of drug-likeness (QED) is 0.783. The fraction of sp³-hybridized carbons (Fsp3) is 1.00. The van der Waals surface area contributed by atoms with Gasteiger partial charge in [0, 0.05) is 38.3 Å². The van der Waals surface area contributed by atoms with Crippen LogP contribution in [0.15, 0.2) is 0 Å². The van der Waals surface area contributed by atoms with E-state index in [0.717, 1.165) is 19.6 Å². The van der Waals surface area contributed by atoms with Crippen molar-refractivity contribution in [2.45, 2.75) is 33.2 Å². The van der Waals surface area contributed by atoms with E-state index in [1.165, 1.54) is 13.1 Å². The van der Waals surface area contributed by atoms with Gasteiger partial charge in [-0.15, -0.1) is 0 Å². The van der Waals surface area contributed by atoms with Crippen LogP contribution in [-0.4, -0.2) is 62.2 Å². The maximum atomic E-state index is 3.67. The molecule has 1 aliphatic heterocycles. The highest BCUT2D eigenvalue weighted by molar-refractivity contribution is 4.91. The molecule has 0 aromatic carbocycles. The first-order valence-corrected chi connectivity index (χ1v) is 6.32. The third-order valence-corrected chi connectivity index (χ3v) is 3.18. The summed E-state index contributed by atoms with van der Waals surface area (Å²) in [4.78, 5) is 4.86. The summed E-state index contributed by atoms with van der Waals surface area (Å²) >= 11 is 0. The Morgan fingerprint density at radius 2 is 1.75 bits per heavy atom. The van der Waals surface area contributed by atoms with E-state index in [9.17, 15) is 0 Å². The second kappa shape index (κ2) is 5.03. The molecular formula is C13H29N3. The van der Waals surface area contributed by atoms with E-state index in [0.29, 0.717) is 5.41 Å². The summed E-state index contributed by atoms with van der Waals surface area (Å²) in [7, 11) is 4.29. The zero-order valence-electron chi connectivity index (χ0n) is 11.9. The van der Waals surface area contributed by atoms with Crippen LogP contribution in [0.3, 0.4) is 0 Å². The zero-order valence-corrected chi connectivity index (χ0v) is 11.9. The van der Waals surface area contributed by atoms with Crippen molar-refractivity contribution in [1.82, 2.24) is 15.1 Å². The minimum Gasteiger partial charge on any atom is -0.310 e. The standard InChI is InChI=1S/C13H29N3/c1-12(2)9-14-13(3,4)11-16(10-12)8-7-15(5)6/h14H,7-11H2,1-6H3. The Labute approximate surface area is 101 Å². The van der Waals surface area contributed by atoms with E-state index in [1.54, 1.807) is 0 Å². The zero-order chi connectivity index (χ0) is 12.4. The molecule has 0 spiro atoms. The van der Waals surface area contributed by atoms with E-state index in [2.05, 4.69) is 56.9 Å². The van der Waals surface area contributed by atoms with Gasteiger partial charge in [0.2, 0.25) is 0 Å². The first-order chi connectivity index (χ1) is 7.20. The maximum Gasteiger partial charge on any atom is 0.0252 e. The Morgan fingerprint density at radius 3 is 2.31 bits per heavy atom. The molecule has 0 bridgehead atoms. The molecule has 1 fully saturated rings. The summed E-state index contributed by atoms with van der Waals surface area (Å²) in [6.45, 7) is 15.1. The molecule has 0 atom stereocenters. The average molecular weight is 227 g/mol. The Hall–Kier alpha value is -0.120. The molecule has 3 nitrogen and oxygen atoms in total. The smallest absolute Gasteiger partial charge is 0.0252 e. The van der Waals surface area contributed by atoms with Crippen molar-refractivity contribution in [1.29, 1.82) is 0 Å². The molecule has 1 heterocycles. The molecule has 0 amide bonds. The third kappa shape index (κ3) is 4.81. The lowest BCUT2D eigenvalue weighted by Gasteiger charge is -2.31. The van der Waals surface area contributed by atoms with Gasteiger partial charge in [0.15, 0.2) is 0 Å². The highest BCUT2D eigenvalue weighted by Crippen LogP contribution is 2.22. The van der Waals surface area contributed by atoms with Gasteiger partial charge in [0.1, 0.15) is 0 Å². The molecule has 0 aliphatic carbocycles. The first kappa shape index (κ1) is 13.9. The summed E-state index contributed by atoms with van der Waals surface area (Å²) in [6, 6.07) is 0. The number of likely N-dealkylation sites (N-methyl/N-ethyl adjacent to an activating group) is 1. The van der Waals surface area contributed by atoms with Crippen LogP contribution in [0, 0.1) is 5.41 Å². The topological polar surface area (TPSA) is 18.5 Å². The van der Waals surface area contributed by atoms with Gasteiger partial charge in [-0.25, -0.2) is 0 Å². The molecule has 0 saturated carbocycles. The molecule has 16 heavy (non-hydrogen) atoms. The molecule has 1 aliphatic rings. The van der Waals surface area contributed by atoms with Crippen molar-refractivity contribution in [3.63, 3.8) is 0 Å². The predicted molar refractivity (Wildman–Crippen MR) is 70.9 cm³/mol. The minimum absolute atomic E-state index is 0.236. The molecule has 0 aromatic rings. The first-order valence-electron chi connectivity index (χ1n) is 6.32. The fourth-order valence-electron chi connectivity index (χ4n) is 2.31. The van der Waals surface area contributed by atoms with Crippen LogP contribution in [0.4, 0.5) is 0 Å². The van der Waals surface area contributed by atoms with Crippen molar-refractivity contribution in [2.24, 2.45) is 5.41 Å². The molecule has 1 N–H and O–H groups in total. The molecular weight excluding hydrogens is 198 g/mol. The van der Waals surface area contributed by atoms with Crippen LogP contribution in [-0.2, 0) is 0 Å². The summed E-state index contributed by atoms with van der Waals surface area (Å²) in [5.41, 5.74) is 0.611. The van der Waals surface area contributed by atoms with Gasteiger partial charge in [0.05, 0.1) is 0 Å². The maximum absolute atomic E-state index is 3.67. The summed E-state index contributed by atoms with van der Waals surface area (Å²) < 4.78 is 0. The molecule has 0 unspecified atom stereocenters. The number of nitrogens with one attached hydrogen (secondary N) is 1. The predicted octanol–water partition coefficient (Wildman–Crippen LogP) is 1.26. The highest BCUT2D eigenvalue weighted by Gasteiger charge is 2.32. The third-order valence-electron chi connectivity index (χ3n) is 3.18. The molecule has 1 saturated heterocycles. The van der Waals surface area contributed by atoms with Crippen molar-refractivity contribution in [2.75, 3.05) is 46.8 Å². The SMILES string of the molecule is CN(C)CCN1CC(C)(C)CNC(C)(C)C1. The van der Waals surface area contributed by atoms with Crippen LogP contribution in [0.2, 0.25) is 0 Å². The van der Waals surface area contributed by atoms with Crippen LogP contribution >= 0.6 is 0 Å². The second-order valence-electron chi connectivity index (χ2n) is 6.92. The average Bonchev–Trinajstić information content (AvgIpc) is 2.20. The molecule has 3 heteroatoms. The lowest BCUT2D eigenvalue weighted by atomic mass is 9.93. The molecule has 0 radical (unpaired) electrons. The van der Waals surface area contributed by atoms with Crippen molar-refractivity contribution < 1.29 is 0 Å². The van der Waals surface area contributed by atoms with Gasteiger partial charge >= 0.3 is 0 Å². The molecule has 96 valence electrons. The number of nitrogens with zero attached hydrogens (tertiary/aromatic N) is 2. The van der Waals surface area contributed by atoms with Gasteiger partial charge < -0.3 is 10.2 Å². The monoisotopic (exact) mass is 227 g/mol. The number of hydrogen-bond donors (Lipinski definition) is 1. The van der Waals surface area contributed by atoms with Crippen molar-refractivity contribution >= 4 is 0 Å². The van der Waals surface area contributed by atoms with Crippen LogP contribution < -0.4 is 5.32 Å². The van der Waals surface area contributed by atoms with Gasteiger partial charge in [-0.1, -0.05) is 13.8 Å². The summed E-state index contributed by atoms with van der Waals surface area (Å²) in [5.74, 6) is 0. The van der Waals surface area contributed by atoms with Crippen LogP contribution in [0.5, 0.6) is 0 Å².